The summed E-state index contributed by atoms with van der Waals surface area (Å²) in [4.78, 5) is 4.07. The van der Waals surface area contributed by atoms with Crippen molar-refractivity contribution in [2.45, 2.75) is 13.8 Å². The first-order valence-corrected chi connectivity index (χ1v) is 3.50. The minimum atomic E-state index is 0.474. The smallest absolute Gasteiger partial charge is 0.210 e. The first-order valence-electron chi connectivity index (χ1n) is 3.50. The van der Waals surface area contributed by atoms with Crippen molar-refractivity contribution in [2.24, 2.45) is 4.99 Å². The first kappa shape index (κ1) is 9.43. The molecule has 60 valence electrons. The maximum atomic E-state index is 5.15. The summed E-state index contributed by atoms with van der Waals surface area (Å²) in [5.74, 6) is 0.688. The van der Waals surface area contributed by atoms with Crippen LogP contribution >= 0.6 is 0 Å². The number of nitrogens with zero attached hydrogens (tertiary/aromatic N) is 1. The highest BCUT2D eigenvalue weighted by Crippen LogP contribution is 1.84. The van der Waals surface area contributed by atoms with Crippen LogP contribution in [0.15, 0.2) is 4.99 Å². The molecule has 0 aliphatic heterocycles. The predicted octanol–water partition coefficient (Wildman–Crippen LogP) is 1.09. The van der Waals surface area contributed by atoms with Gasteiger partial charge in [0.05, 0.1) is 6.61 Å². The van der Waals surface area contributed by atoms with Crippen LogP contribution in [0.3, 0.4) is 0 Å². The second kappa shape index (κ2) is 6.55. The van der Waals surface area contributed by atoms with E-state index in [4.69, 9.17) is 9.47 Å². The molecule has 0 aliphatic carbocycles. The summed E-state index contributed by atoms with van der Waals surface area (Å²) in [7, 11) is 1.63. The maximum Gasteiger partial charge on any atom is 0.210 e. The van der Waals surface area contributed by atoms with E-state index in [0.717, 1.165) is 6.54 Å². The fourth-order valence-electron chi connectivity index (χ4n) is 0.599. The highest BCUT2D eigenvalue weighted by molar-refractivity contribution is 5.77. The molecule has 0 aromatic rings. The van der Waals surface area contributed by atoms with Crippen molar-refractivity contribution >= 4 is 5.90 Å². The molecule has 0 atom stereocenters. The van der Waals surface area contributed by atoms with Crippen LogP contribution in [0.5, 0.6) is 0 Å². The van der Waals surface area contributed by atoms with E-state index in [1.807, 2.05) is 13.8 Å². The lowest BCUT2D eigenvalue weighted by Crippen LogP contribution is -2.11. The Morgan fingerprint density at radius 1 is 1.40 bits per heavy atom. The van der Waals surface area contributed by atoms with Crippen LogP contribution in [-0.2, 0) is 9.47 Å². The van der Waals surface area contributed by atoms with Gasteiger partial charge in [-0.15, -0.1) is 0 Å². The summed E-state index contributed by atoms with van der Waals surface area (Å²) in [6.45, 7) is 5.78. The Hall–Kier alpha value is -0.570. The van der Waals surface area contributed by atoms with E-state index >= 15 is 0 Å². The summed E-state index contributed by atoms with van der Waals surface area (Å²) in [6.07, 6.45) is 0. The van der Waals surface area contributed by atoms with Gasteiger partial charge in [-0.25, -0.2) is 0 Å². The molecule has 10 heavy (non-hydrogen) atoms. The topological polar surface area (TPSA) is 30.8 Å². The molecule has 3 heteroatoms. The van der Waals surface area contributed by atoms with Crippen molar-refractivity contribution in [1.29, 1.82) is 0 Å². The maximum absolute atomic E-state index is 5.15. The highest BCUT2D eigenvalue weighted by Gasteiger charge is 1.94. The molecule has 0 N–H and O–H groups in total. The van der Waals surface area contributed by atoms with Crippen molar-refractivity contribution in [3.63, 3.8) is 0 Å². The fraction of sp³-hybridized carbons (Fsp3) is 0.857. The van der Waals surface area contributed by atoms with Gasteiger partial charge in [0.15, 0.2) is 0 Å². The quantitative estimate of drug-likeness (QED) is 0.438. The van der Waals surface area contributed by atoms with Crippen LogP contribution in [0.2, 0.25) is 0 Å². The molecule has 0 aromatic carbocycles. The Bertz CT molecular complexity index is 93.8. The molecule has 0 rings (SSSR count). The molecule has 0 bridgehead atoms. The number of hydrogen-bond donors (Lipinski definition) is 0. The number of aliphatic imine (C=N–C) groups is 1. The van der Waals surface area contributed by atoms with Gasteiger partial charge >= 0.3 is 0 Å². The molecule has 0 amide bonds. The van der Waals surface area contributed by atoms with E-state index in [1.165, 1.54) is 0 Å². The molecule has 0 fully saturated rings. The Kier molecular flexibility index (Phi) is 6.18. The van der Waals surface area contributed by atoms with Gasteiger partial charge in [-0.3, -0.25) is 4.99 Å². The molecule has 0 unspecified atom stereocenters. The van der Waals surface area contributed by atoms with Crippen LogP contribution in [0.4, 0.5) is 0 Å². The van der Waals surface area contributed by atoms with E-state index in [9.17, 15) is 0 Å². The average Bonchev–Trinajstić information content (AvgIpc) is 1.90. The minimum absolute atomic E-state index is 0.474. The van der Waals surface area contributed by atoms with E-state index in [1.54, 1.807) is 7.11 Å². The van der Waals surface area contributed by atoms with Crippen molar-refractivity contribution < 1.29 is 9.47 Å². The van der Waals surface area contributed by atoms with Crippen molar-refractivity contribution in [3.8, 4) is 0 Å². The summed E-state index contributed by atoms with van der Waals surface area (Å²) in [5, 5.41) is 0. The molecular weight excluding hydrogens is 130 g/mol. The monoisotopic (exact) mass is 145 g/mol. The summed E-state index contributed by atoms with van der Waals surface area (Å²) < 4.78 is 10.0. The number of rotatable bonds is 4. The molecule has 0 radical (unpaired) electrons. The van der Waals surface area contributed by atoms with Gasteiger partial charge in [0.25, 0.3) is 0 Å². The second-order valence-corrected chi connectivity index (χ2v) is 1.73. The Labute approximate surface area is 62.1 Å². The Balaban J connectivity index is 3.60. The van der Waals surface area contributed by atoms with Gasteiger partial charge in [0.2, 0.25) is 5.90 Å². The van der Waals surface area contributed by atoms with Crippen LogP contribution in [0, 0.1) is 0 Å². The number of ether oxygens (including phenoxy) is 2. The summed E-state index contributed by atoms with van der Waals surface area (Å²) in [6, 6.07) is 0. The predicted molar refractivity (Wildman–Crippen MR) is 41.5 cm³/mol. The van der Waals surface area contributed by atoms with E-state index in [0.29, 0.717) is 19.1 Å². The van der Waals surface area contributed by atoms with Crippen molar-refractivity contribution in [3.05, 3.63) is 0 Å². The second-order valence-electron chi connectivity index (χ2n) is 1.73. The van der Waals surface area contributed by atoms with E-state index < -0.39 is 0 Å². The lowest BCUT2D eigenvalue weighted by molar-refractivity contribution is 0.207. The zero-order valence-corrected chi connectivity index (χ0v) is 6.89. The molecule has 0 spiro atoms. The zero-order chi connectivity index (χ0) is 7.82. The molecule has 0 aromatic heterocycles. The van der Waals surface area contributed by atoms with Crippen LogP contribution in [-0.4, -0.2) is 32.8 Å². The first-order chi connectivity index (χ1) is 4.85. The third-order valence-corrected chi connectivity index (χ3v) is 0.913. The molecule has 0 saturated heterocycles. The SMILES string of the molecule is CCN=C(COC)OCC. The minimum Gasteiger partial charge on any atom is -0.480 e. The normalized spacial score (nSPS) is 11.7. The van der Waals surface area contributed by atoms with Gasteiger partial charge < -0.3 is 9.47 Å². The van der Waals surface area contributed by atoms with E-state index in [-0.39, 0.29) is 0 Å². The van der Waals surface area contributed by atoms with Gasteiger partial charge in [0.1, 0.15) is 6.61 Å². The summed E-state index contributed by atoms with van der Waals surface area (Å²) >= 11 is 0. The fourth-order valence-corrected chi connectivity index (χ4v) is 0.599. The third-order valence-electron chi connectivity index (χ3n) is 0.913. The lowest BCUT2D eigenvalue weighted by Gasteiger charge is -2.04. The Morgan fingerprint density at radius 3 is 2.50 bits per heavy atom. The van der Waals surface area contributed by atoms with Gasteiger partial charge in [-0.2, -0.15) is 0 Å². The number of hydrogen-bond acceptors (Lipinski definition) is 3. The van der Waals surface area contributed by atoms with Crippen LogP contribution in [0.25, 0.3) is 0 Å². The van der Waals surface area contributed by atoms with Crippen LogP contribution in [0.1, 0.15) is 13.8 Å². The molecule has 3 nitrogen and oxygen atoms in total. The zero-order valence-electron chi connectivity index (χ0n) is 6.89. The van der Waals surface area contributed by atoms with E-state index in [2.05, 4.69) is 4.99 Å². The molecule has 0 heterocycles. The summed E-state index contributed by atoms with van der Waals surface area (Å²) in [5.41, 5.74) is 0. The standard InChI is InChI=1S/C7H15NO2/c1-4-8-7(6-9-3)10-5-2/h4-6H2,1-3H3. The average molecular weight is 145 g/mol. The molecule has 0 saturated carbocycles. The van der Waals surface area contributed by atoms with Gasteiger partial charge in [0, 0.05) is 13.7 Å². The van der Waals surface area contributed by atoms with Crippen molar-refractivity contribution in [1.82, 2.24) is 0 Å². The third kappa shape index (κ3) is 4.32. The van der Waals surface area contributed by atoms with Gasteiger partial charge in [-0.05, 0) is 13.8 Å². The molecular formula is C7H15NO2. The largest absolute Gasteiger partial charge is 0.480 e. The Morgan fingerprint density at radius 2 is 2.10 bits per heavy atom. The number of methoxy groups -OCH3 is 1. The lowest BCUT2D eigenvalue weighted by atomic mass is 10.6. The van der Waals surface area contributed by atoms with Crippen LogP contribution < -0.4 is 0 Å². The van der Waals surface area contributed by atoms with Crippen molar-refractivity contribution in [2.75, 3.05) is 26.9 Å². The highest BCUT2D eigenvalue weighted by atomic mass is 16.5. The molecule has 0 aliphatic rings. The van der Waals surface area contributed by atoms with Gasteiger partial charge in [-0.1, -0.05) is 0 Å².